The molecule has 2 aromatic heterocycles. The third-order valence-corrected chi connectivity index (χ3v) is 4.74. The highest BCUT2D eigenvalue weighted by Gasteiger charge is 2.14. The standard InChI is InChI=1S/C19H23N5/c1-2-17-22-23-19-18(20-13-12-14-8-4-3-5-9-14)21-15-10-6-7-11-16(15)24(17)19/h6-8,10-11H,2-5,9,12-13H2,1H3,(H,20,21). The van der Waals surface area contributed by atoms with Crippen LogP contribution in [-0.2, 0) is 6.42 Å². The predicted molar refractivity (Wildman–Crippen MR) is 97.3 cm³/mol. The van der Waals surface area contributed by atoms with Gasteiger partial charge in [0.15, 0.2) is 5.82 Å². The Morgan fingerprint density at radius 1 is 1.17 bits per heavy atom. The number of allylic oxidation sites excluding steroid dienone is 1. The number of rotatable bonds is 5. The maximum atomic E-state index is 4.78. The largest absolute Gasteiger partial charge is 0.367 e. The topological polar surface area (TPSA) is 55.1 Å². The number of aromatic nitrogens is 4. The van der Waals surface area contributed by atoms with Crippen LogP contribution in [0.4, 0.5) is 5.82 Å². The van der Waals surface area contributed by atoms with Crippen molar-refractivity contribution in [1.29, 1.82) is 0 Å². The molecule has 5 nitrogen and oxygen atoms in total. The minimum atomic E-state index is 0.822. The summed E-state index contributed by atoms with van der Waals surface area (Å²) in [6, 6.07) is 8.18. The number of nitrogens with one attached hydrogen (secondary N) is 1. The van der Waals surface area contributed by atoms with Gasteiger partial charge in [0.1, 0.15) is 5.82 Å². The molecule has 0 spiro atoms. The minimum absolute atomic E-state index is 0.822. The Morgan fingerprint density at radius 2 is 2.08 bits per heavy atom. The lowest BCUT2D eigenvalue weighted by atomic mass is 9.97. The van der Waals surface area contributed by atoms with Crippen LogP contribution >= 0.6 is 0 Å². The van der Waals surface area contributed by atoms with Crippen LogP contribution < -0.4 is 5.32 Å². The summed E-state index contributed by atoms with van der Waals surface area (Å²) in [5.41, 5.74) is 4.43. The zero-order chi connectivity index (χ0) is 16.4. The van der Waals surface area contributed by atoms with E-state index in [2.05, 4.69) is 39.0 Å². The van der Waals surface area contributed by atoms with E-state index in [4.69, 9.17) is 4.98 Å². The fraction of sp³-hybridized carbons (Fsp3) is 0.421. The molecular weight excluding hydrogens is 298 g/mol. The van der Waals surface area contributed by atoms with Crippen molar-refractivity contribution in [2.24, 2.45) is 0 Å². The summed E-state index contributed by atoms with van der Waals surface area (Å²) >= 11 is 0. The van der Waals surface area contributed by atoms with Gasteiger partial charge in [-0.25, -0.2) is 4.98 Å². The van der Waals surface area contributed by atoms with Gasteiger partial charge in [0.05, 0.1) is 11.0 Å². The van der Waals surface area contributed by atoms with E-state index in [0.29, 0.717) is 0 Å². The fourth-order valence-electron chi connectivity index (χ4n) is 3.46. The fourth-order valence-corrected chi connectivity index (χ4v) is 3.46. The molecular formula is C19H23N5. The van der Waals surface area contributed by atoms with Crippen molar-refractivity contribution in [2.45, 2.75) is 45.4 Å². The average Bonchev–Trinajstić information content (AvgIpc) is 3.07. The molecule has 5 heteroatoms. The second-order valence-electron chi connectivity index (χ2n) is 6.36. The Kier molecular flexibility index (Phi) is 4.15. The summed E-state index contributed by atoms with van der Waals surface area (Å²) < 4.78 is 2.13. The number of anilines is 1. The summed E-state index contributed by atoms with van der Waals surface area (Å²) in [4.78, 5) is 4.78. The molecule has 0 radical (unpaired) electrons. The van der Waals surface area contributed by atoms with Crippen LogP contribution in [0.25, 0.3) is 16.7 Å². The Morgan fingerprint density at radius 3 is 2.92 bits per heavy atom. The van der Waals surface area contributed by atoms with Gasteiger partial charge in [-0.15, -0.1) is 10.2 Å². The van der Waals surface area contributed by atoms with E-state index < -0.39 is 0 Å². The van der Waals surface area contributed by atoms with Crippen LogP contribution in [0.15, 0.2) is 35.9 Å². The molecule has 124 valence electrons. The van der Waals surface area contributed by atoms with Crippen LogP contribution in [0.1, 0.15) is 44.9 Å². The maximum Gasteiger partial charge on any atom is 0.204 e. The summed E-state index contributed by atoms with van der Waals surface area (Å²) in [6.45, 7) is 3.00. The Labute approximate surface area is 141 Å². The number of hydrogen-bond acceptors (Lipinski definition) is 4. The highest BCUT2D eigenvalue weighted by molar-refractivity contribution is 5.82. The van der Waals surface area contributed by atoms with Gasteiger partial charge in [0.25, 0.3) is 0 Å². The molecule has 1 N–H and O–H groups in total. The molecule has 0 unspecified atom stereocenters. The van der Waals surface area contributed by atoms with Crippen LogP contribution in [0, 0.1) is 0 Å². The summed E-state index contributed by atoms with van der Waals surface area (Å²) in [6.07, 6.45) is 9.47. The molecule has 0 aliphatic heterocycles. The van der Waals surface area contributed by atoms with Crippen LogP contribution in [0.2, 0.25) is 0 Å². The highest BCUT2D eigenvalue weighted by atomic mass is 15.3. The van der Waals surface area contributed by atoms with E-state index in [1.54, 1.807) is 5.57 Å². The van der Waals surface area contributed by atoms with E-state index in [1.165, 1.54) is 25.7 Å². The quantitative estimate of drug-likeness (QED) is 0.718. The van der Waals surface area contributed by atoms with Crippen LogP contribution in [0.3, 0.4) is 0 Å². The first-order chi connectivity index (χ1) is 11.9. The summed E-state index contributed by atoms with van der Waals surface area (Å²) in [7, 11) is 0. The second-order valence-corrected chi connectivity index (χ2v) is 6.36. The lowest BCUT2D eigenvalue weighted by molar-refractivity contribution is 0.679. The average molecular weight is 321 g/mol. The normalized spacial score (nSPS) is 15.0. The molecule has 2 heterocycles. The minimum Gasteiger partial charge on any atom is -0.367 e. The van der Waals surface area contributed by atoms with Crippen molar-refractivity contribution in [3.63, 3.8) is 0 Å². The van der Waals surface area contributed by atoms with E-state index in [1.807, 2.05) is 18.2 Å². The van der Waals surface area contributed by atoms with Crippen molar-refractivity contribution in [2.75, 3.05) is 11.9 Å². The number of aryl methyl sites for hydroxylation is 1. The molecule has 0 amide bonds. The summed E-state index contributed by atoms with van der Waals surface area (Å²) in [5.74, 6) is 1.80. The van der Waals surface area contributed by atoms with Crippen molar-refractivity contribution in [3.05, 3.63) is 41.7 Å². The number of fused-ring (bicyclic) bond motifs is 3. The molecule has 1 aromatic carbocycles. The number of benzene rings is 1. The van der Waals surface area contributed by atoms with E-state index in [-0.39, 0.29) is 0 Å². The molecule has 1 aliphatic rings. The molecule has 24 heavy (non-hydrogen) atoms. The Balaban J connectivity index is 1.66. The molecule has 1 aliphatic carbocycles. The van der Waals surface area contributed by atoms with Gasteiger partial charge in [-0.1, -0.05) is 30.7 Å². The van der Waals surface area contributed by atoms with Crippen LogP contribution in [-0.4, -0.2) is 26.1 Å². The van der Waals surface area contributed by atoms with Crippen LogP contribution in [0.5, 0.6) is 0 Å². The van der Waals surface area contributed by atoms with Gasteiger partial charge >= 0.3 is 0 Å². The lowest BCUT2D eigenvalue weighted by Gasteiger charge is -2.14. The van der Waals surface area contributed by atoms with Gasteiger partial charge in [-0.2, -0.15) is 0 Å². The number of hydrogen-bond donors (Lipinski definition) is 1. The lowest BCUT2D eigenvalue weighted by Crippen LogP contribution is -2.08. The molecule has 0 fully saturated rings. The maximum absolute atomic E-state index is 4.78. The molecule has 0 bridgehead atoms. The predicted octanol–water partition coefficient (Wildman–Crippen LogP) is 4.14. The molecule has 4 rings (SSSR count). The van der Waals surface area contributed by atoms with E-state index in [9.17, 15) is 0 Å². The SMILES string of the molecule is CCc1nnc2c(NCCC3=CCCCC3)nc3ccccc3n12. The van der Waals surface area contributed by atoms with Crippen molar-refractivity contribution in [3.8, 4) is 0 Å². The van der Waals surface area contributed by atoms with E-state index in [0.717, 1.165) is 47.7 Å². The highest BCUT2D eigenvalue weighted by Crippen LogP contribution is 2.23. The second kappa shape index (κ2) is 6.59. The molecule has 0 saturated carbocycles. The first-order valence-corrected chi connectivity index (χ1v) is 8.91. The van der Waals surface area contributed by atoms with E-state index >= 15 is 0 Å². The first kappa shape index (κ1) is 15.1. The zero-order valence-corrected chi connectivity index (χ0v) is 14.1. The Bertz CT molecular complexity index is 893. The van der Waals surface area contributed by atoms with Gasteiger partial charge in [-0.3, -0.25) is 4.40 Å². The zero-order valence-electron chi connectivity index (χ0n) is 14.1. The third kappa shape index (κ3) is 2.75. The van der Waals surface area contributed by atoms with Crippen molar-refractivity contribution >= 4 is 22.5 Å². The first-order valence-electron chi connectivity index (χ1n) is 8.91. The molecule has 0 saturated heterocycles. The summed E-state index contributed by atoms with van der Waals surface area (Å²) in [5, 5.41) is 12.2. The Hall–Kier alpha value is -2.43. The molecule has 3 aromatic rings. The third-order valence-electron chi connectivity index (χ3n) is 4.74. The van der Waals surface area contributed by atoms with Crippen molar-refractivity contribution in [1.82, 2.24) is 19.6 Å². The molecule has 0 atom stereocenters. The van der Waals surface area contributed by atoms with Gasteiger partial charge in [0, 0.05) is 13.0 Å². The van der Waals surface area contributed by atoms with Gasteiger partial charge < -0.3 is 5.32 Å². The number of nitrogens with zero attached hydrogens (tertiary/aromatic N) is 4. The monoisotopic (exact) mass is 321 g/mol. The van der Waals surface area contributed by atoms with Gasteiger partial charge in [-0.05, 0) is 44.2 Å². The van der Waals surface area contributed by atoms with Gasteiger partial charge in [0.2, 0.25) is 5.65 Å². The van der Waals surface area contributed by atoms with Crippen molar-refractivity contribution < 1.29 is 0 Å². The number of para-hydroxylation sites is 2. The smallest absolute Gasteiger partial charge is 0.204 e.